The molecule has 1 N–H and O–H groups in total. The van der Waals surface area contributed by atoms with E-state index in [4.69, 9.17) is 11.6 Å². The fourth-order valence-electron chi connectivity index (χ4n) is 2.32. The molecule has 1 aromatic carbocycles. The Hall–Kier alpha value is -1.32. The first kappa shape index (κ1) is 15.1. The minimum atomic E-state index is -0.628. The Morgan fingerprint density at radius 2 is 1.85 bits per heavy atom. The minimum absolute atomic E-state index is 0.233. The molecule has 0 bridgehead atoms. The van der Waals surface area contributed by atoms with Gasteiger partial charge in [-0.2, -0.15) is 5.10 Å². The lowest BCUT2D eigenvalue weighted by atomic mass is 9.97. The standard InChI is InChI=1S/C16H21ClN2O/c1-10(2)15-14(16(17)19(4)18-15)13(20)9-12-7-5-11(3)6-8-12/h5-8,10,13,20H,9H2,1-4H3. The Labute approximate surface area is 125 Å². The maximum Gasteiger partial charge on any atom is 0.132 e. The lowest BCUT2D eigenvalue weighted by Crippen LogP contribution is -2.05. The van der Waals surface area contributed by atoms with Crippen LogP contribution < -0.4 is 0 Å². The highest BCUT2D eigenvalue weighted by Gasteiger charge is 2.23. The summed E-state index contributed by atoms with van der Waals surface area (Å²) in [6, 6.07) is 8.18. The molecule has 0 amide bonds. The molecule has 1 aromatic heterocycles. The van der Waals surface area contributed by atoms with Crippen molar-refractivity contribution in [1.29, 1.82) is 0 Å². The van der Waals surface area contributed by atoms with Gasteiger partial charge in [-0.25, -0.2) is 0 Å². The lowest BCUT2D eigenvalue weighted by molar-refractivity contribution is 0.177. The maximum absolute atomic E-state index is 10.5. The summed E-state index contributed by atoms with van der Waals surface area (Å²) in [5.41, 5.74) is 3.94. The highest BCUT2D eigenvalue weighted by Crippen LogP contribution is 2.32. The van der Waals surface area contributed by atoms with Gasteiger partial charge in [-0.3, -0.25) is 4.68 Å². The van der Waals surface area contributed by atoms with Gasteiger partial charge in [0.05, 0.1) is 11.8 Å². The monoisotopic (exact) mass is 292 g/mol. The quantitative estimate of drug-likeness (QED) is 0.931. The second-order valence-corrected chi connectivity index (χ2v) is 5.93. The predicted molar refractivity (Wildman–Crippen MR) is 82.1 cm³/mol. The van der Waals surface area contributed by atoms with Crippen LogP contribution in [0.3, 0.4) is 0 Å². The average molecular weight is 293 g/mol. The Balaban J connectivity index is 2.29. The third-order valence-electron chi connectivity index (χ3n) is 3.47. The molecule has 0 radical (unpaired) electrons. The van der Waals surface area contributed by atoms with Crippen LogP contribution in [-0.2, 0) is 13.5 Å². The third-order valence-corrected chi connectivity index (χ3v) is 3.92. The van der Waals surface area contributed by atoms with E-state index in [1.54, 1.807) is 11.7 Å². The topological polar surface area (TPSA) is 38.1 Å². The van der Waals surface area contributed by atoms with Gasteiger partial charge in [0.15, 0.2) is 0 Å². The van der Waals surface area contributed by atoms with Gasteiger partial charge in [0.2, 0.25) is 0 Å². The molecule has 1 unspecified atom stereocenters. The second kappa shape index (κ2) is 5.98. The molecule has 0 fully saturated rings. The number of nitrogens with zero attached hydrogens (tertiary/aromatic N) is 2. The summed E-state index contributed by atoms with van der Waals surface area (Å²) < 4.78 is 1.63. The van der Waals surface area contributed by atoms with E-state index in [1.165, 1.54) is 5.56 Å². The fourth-order valence-corrected chi connectivity index (χ4v) is 2.58. The van der Waals surface area contributed by atoms with E-state index in [2.05, 4.69) is 38.0 Å². The number of rotatable bonds is 4. The van der Waals surface area contributed by atoms with Crippen molar-refractivity contribution in [2.45, 2.75) is 39.2 Å². The number of aliphatic hydroxyl groups excluding tert-OH is 1. The average Bonchev–Trinajstić information content (AvgIpc) is 2.69. The Bertz CT molecular complexity index is 587. The number of hydrogen-bond acceptors (Lipinski definition) is 2. The van der Waals surface area contributed by atoms with Crippen molar-refractivity contribution in [3.63, 3.8) is 0 Å². The molecule has 0 saturated heterocycles. The van der Waals surface area contributed by atoms with Crippen molar-refractivity contribution in [2.75, 3.05) is 0 Å². The van der Waals surface area contributed by atoms with Crippen molar-refractivity contribution < 1.29 is 5.11 Å². The lowest BCUT2D eigenvalue weighted by Gasteiger charge is -2.13. The van der Waals surface area contributed by atoms with Crippen molar-refractivity contribution >= 4 is 11.6 Å². The molecule has 3 nitrogen and oxygen atoms in total. The van der Waals surface area contributed by atoms with Gasteiger partial charge in [0, 0.05) is 19.0 Å². The molecule has 20 heavy (non-hydrogen) atoms. The largest absolute Gasteiger partial charge is 0.388 e. The predicted octanol–water partition coefficient (Wildman–Crippen LogP) is 3.78. The first-order chi connectivity index (χ1) is 9.40. The molecule has 1 heterocycles. The van der Waals surface area contributed by atoms with Crippen molar-refractivity contribution in [2.24, 2.45) is 7.05 Å². The first-order valence-electron chi connectivity index (χ1n) is 6.86. The van der Waals surface area contributed by atoms with Crippen LogP contribution in [0.4, 0.5) is 0 Å². The number of aliphatic hydroxyl groups is 1. The molecule has 2 rings (SSSR count). The molecule has 0 aliphatic carbocycles. The van der Waals surface area contributed by atoms with Gasteiger partial charge >= 0.3 is 0 Å². The fraction of sp³-hybridized carbons (Fsp3) is 0.438. The van der Waals surface area contributed by atoms with Gasteiger partial charge in [-0.1, -0.05) is 55.3 Å². The number of aromatic nitrogens is 2. The highest BCUT2D eigenvalue weighted by molar-refractivity contribution is 6.30. The van der Waals surface area contributed by atoms with Crippen LogP contribution in [0, 0.1) is 6.92 Å². The van der Waals surface area contributed by atoms with Gasteiger partial charge in [0.25, 0.3) is 0 Å². The zero-order valence-electron chi connectivity index (χ0n) is 12.4. The number of benzene rings is 1. The highest BCUT2D eigenvalue weighted by atomic mass is 35.5. The van der Waals surface area contributed by atoms with Crippen molar-refractivity contribution in [3.05, 3.63) is 51.8 Å². The van der Waals surface area contributed by atoms with Gasteiger partial charge in [0.1, 0.15) is 5.15 Å². The maximum atomic E-state index is 10.5. The molecular weight excluding hydrogens is 272 g/mol. The summed E-state index contributed by atoms with van der Waals surface area (Å²) in [6.07, 6.45) is -0.0814. The number of aryl methyl sites for hydroxylation is 2. The smallest absolute Gasteiger partial charge is 0.132 e. The first-order valence-corrected chi connectivity index (χ1v) is 7.23. The normalized spacial score (nSPS) is 12.9. The molecule has 0 saturated carbocycles. The van der Waals surface area contributed by atoms with E-state index in [9.17, 15) is 5.11 Å². The Kier molecular flexibility index (Phi) is 4.51. The van der Waals surface area contributed by atoms with E-state index in [0.29, 0.717) is 11.6 Å². The van der Waals surface area contributed by atoms with Gasteiger partial charge < -0.3 is 5.11 Å². The summed E-state index contributed by atoms with van der Waals surface area (Å²) in [4.78, 5) is 0. The van der Waals surface area contributed by atoms with E-state index >= 15 is 0 Å². The van der Waals surface area contributed by atoms with Crippen LogP contribution in [0.5, 0.6) is 0 Å². The molecule has 4 heteroatoms. The second-order valence-electron chi connectivity index (χ2n) is 5.57. The molecule has 2 aromatic rings. The molecule has 108 valence electrons. The summed E-state index contributed by atoms with van der Waals surface area (Å²) in [7, 11) is 1.80. The summed E-state index contributed by atoms with van der Waals surface area (Å²) in [5, 5.41) is 15.5. The molecule has 0 spiro atoms. The van der Waals surface area contributed by atoms with Crippen LogP contribution in [0.1, 0.15) is 48.3 Å². The van der Waals surface area contributed by atoms with Gasteiger partial charge in [-0.05, 0) is 18.4 Å². The summed E-state index contributed by atoms with van der Waals surface area (Å²) in [5.74, 6) is 0.233. The van der Waals surface area contributed by atoms with E-state index in [0.717, 1.165) is 16.8 Å². The van der Waals surface area contributed by atoms with E-state index in [-0.39, 0.29) is 5.92 Å². The van der Waals surface area contributed by atoms with E-state index < -0.39 is 6.10 Å². The zero-order chi connectivity index (χ0) is 14.9. The summed E-state index contributed by atoms with van der Waals surface area (Å²) in [6.45, 7) is 6.16. The minimum Gasteiger partial charge on any atom is -0.388 e. The van der Waals surface area contributed by atoms with Crippen molar-refractivity contribution in [1.82, 2.24) is 9.78 Å². The number of halogens is 1. The van der Waals surface area contributed by atoms with Crippen molar-refractivity contribution in [3.8, 4) is 0 Å². The van der Waals surface area contributed by atoms with E-state index in [1.807, 2.05) is 12.1 Å². The molecular formula is C16H21ClN2O. The number of hydrogen-bond donors (Lipinski definition) is 1. The molecule has 0 aliphatic heterocycles. The van der Waals surface area contributed by atoms with Crippen LogP contribution in [0.2, 0.25) is 5.15 Å². The van der Waals surface area contributed by atoms with Gasteiger partial charge in [-0.15, -0.1) is 0 Å². The SMILES string of the molecule is Cc1ccc(CC(O)c2c(C(C)C)nn(C)c2Cl)cc1. The zero-order valence-corrected chi connectivity index (χ0v) is 13.1. The van der Waals surface area contributed by atoms with Crippen LogP contribution in [-0.4, -0.2) is 14.9 Å². The Morgan fingerprint density at radius 3 is 2.40 bits per heavy atom. The Morgan fingerprint density at radius 1 is 1.25 bits per heavy atom. The summed E-state index contributed by atoms with van der Waals surface area (Å²) >= 11 is 6.28. The van der Waals surface area contributed by atoms with Crippen LogP contribution >= 0.6 is 11.6 Å². The van der Waals surface area contributed by atoms with Crippen LogP contribution in [0.25, 0.3) is 0 Å². The van der Waals surface area contributed by atoms with Crippen LogP contribution in [0.15, 0.2) is 24.3 Å². The molecule has 0 aliphatic rings. The molecule has 1 atom stereocenters. The third kappa shape index (κ3) is 3.05.